The number of anilines is 1. The predicted octanol–water partition coefficient (Wildman–Crippen LogP) is 2.73. The van der Waals surface area contributed by atoms with E-state index in [0.29, 0.717) is 16.9 Å². The van der Waals surface area contributed by atoms with Crippen LogP contribution in [0.15, 0.2) is 59.4 Å². The van der Waals surface area contributed by atoms with Crippen LogP contribution in [0.1, 0.15) is 16.8 Å². The number of aryl methyl sites for hydroxylation is 1. The number of sulfonamides is 1. The number of nitrogens with zero attached hydrogens (tertiary/aromatic N) is 2. The largest absolute Gasteiger partial charge is 0.296 e. The van der Waals surface area contributed by atoms with Crippen LogP contribution in [0, 0.1) is 13.8 Å². The second-order valence-corrected chi connectivity index (χ2v) is 8.01. The van der Waals surface area contributed by atoms with Gasteiger partial charge in [-0.3, -0.25) is 14.2 Å². The molecule has 0 bridgehead atoms. The van der Waals surface area contributed by atoms with Crippen LogP contribution in [0.3, 0.4) is 0 Å². The number of aromatic nitrogens is 2. The summed E-state index contributed by atoms with van der Waals surface area (Å²) in [5.41, 5.74) is 2.62. The van der Waals surface area contributed by atoms with E-state index in [-0.39, 0.29) is 11.4 Å². The molecule has 2 aromatic carbocycles. The molecule has 0 aliphatic heterocycles. The van der Waals surface area contributed by atoms with Gasteiger partial charge in [-0.15, -0.1) is 0 Å². The third kappa shape index (κ3) is 3.57. The van der Waals surface area contributed by atoms with Crippen LogP contribution >= 0.6 is 0 Å². The molecule has 1 N–H and O–H groups in total. The van der Waals surface area contributed by atoms with Gasteiger partial charge < -0.3 is 0 Å². The molecule has 26 heavy (non-hydrogen) atoms. The Morgan fingerprint density at radius 3 is 2.19 bits per heavy atom. The van der Waals surface area contributed by atoms with E-state index in [0.717, 1.165) is 5.56 Å². The van der Waals surface area contributed by atoms with Crippen molar-refractivity contribution in [2.75, 3.05) is 4.72 Å². The van der Waals surface area contributed by atoms with Gasteiger partial charge in [0, 0.05) is 7.05 Å². The fourth-order valence-electron chi connectivity index (χ4n) is 2.78. The van der Waals surface area contributed by atoms with Crippen molar-refractivity contribution in [1.82, 2.24) is 9.36 Å². The summed E-state index contributed by atoms with van der Waals surface area (Å²) in [4.78, 5) is 12.8. The molecule has 0 amide bonds. The quantitative estimate of drug-likeness (QED) is 0.749. The zero-order valence-electron chi connectivity index (χ0n) is 14.9. The van der Waals surface area contributed by atoms with Crippen LogP contribution < -0.4 is 10.3 Å². The van der Waals surface area contributed by atoms with E-state index in [2.05, 4.69) is 4.72 Å². The summed E-state index contributed by atoms with van der Waals surface area (Å²) >= 11 is 0. The van der Waals surface area contributed by atoms with Gasteiger partial charge in [0.25, 0.3) is 5.56 Å². The number of rotatable bonds is 5. The molecule has 0 aliphatic carbocycles. The van der Waals surface area contributed by atoms with Crippen molar-refractivity contribution in [1.29, 1.82) is 0 Å². The highest BCUT2D eigenvalue weighted by atomic mass is 32.2. The Balaban J connectivity index is 1.95. The minimum Gasteiger partial charge on any atom is -0.283 e. The maximum Gasteiger partial charge on any atom is 0.296 e. The molecule has 0 aliphatic rings. The zero-order valence-corrected chi connectivity index (χ0v) is 15.7. The minimum atomic E-state index is -3.71. The lowest BCUT2D eigenvalue weighted by atomic mass is 10.2. The summed E-state index contributed by atoms with van der Waals surface area (Å²) in [5, 5.41) is 0. The first kappa shape index (κ1) is 18.0. The predicted molar refractivity (Wildman–Crippen MR) is 103 cm³/mol. The van der Waals surface area contributed by atoms with E-state index in [1.165, 1.54) is 4.68 Å². The van der Waals surface area contributed by atoms with Crippen LogP contribution in [0.5, 0.6) is 0 Å². The van der Waals surface area contributed by atoms with Gasteiger partial charge in [0.1, 0.15) is 5.69 Å². The Labute approximate surface area is 152 Å². The van der Waals surface area contributed by atoms with Crippen molar-refractivity contribution in [2.45, 2.75) is 19.6 Å². The first-order chi connectivity index (χ1) is 12.3. The molecule has 7 heteroatoms. The molecular formula is C19H21N3O3S. The molecule has 1 heterocycles. The molecule has 0 saturated carbocycles. The molecular weight excluding hydrogens is 350 g/mol. The lowest BCUT2D eigenvalue weighted by molar-refractivity contribution is 0.600. The highest BCUT2D eigenvalue weighted by Crippen LogP contribution is 2.17. The fourth-order valence-corrected chi connectivity index (χ4v) is 4.03. The molecule has 6 nitrogen and oxygen atoms in total. The van der Waals surface area contributed by atoms with Gasteiger partial charge in [-0.05, 0) is 31.5 Å². The SMILES string of the molecule is Cc1ccc(CS(=O)(=O)Nc2c(C)n(C)n(-c3ccccc3)c2=O)cc1. The average Bonchev–Trinajstić information content (AvgIpc) is 2.81. The van der Waals surface area contributed by atoms with Gasteiger partial charge in [0.2, 0.25) is 10.0 Å². The summed E-state index contributed by atoms with van der Waals surface area (Å²) in [5.74, 6) is -0.188. The maximum absolute atomic E-state index is 12.8. The molecule has 3 rings (SSSR count). The fraction of sp³-hybridized carbons (Fsp3) is 0.211. The minimum absolute atomic E-state index is 0.0727. The summed E-state index contributed by atoms with van der Waals surface area (Å²) in [7, 11) is -1.98. The number of hydrogen-bond donors (Lipinski definition) is 1. The first-order valence-corrected chi connectivity index (χ1v) is 9.84. The summed E-state index contributed by atoms with van der Waals surface area (Å²) in [6.45, 7) is 3.65. The van der Waals surface area contributed by atoms with Gasteiger partial charge in [0.05, 0.1) is 17.1 Å². The van der Waals surface area contributed by atoms with Crippen LogP contribution in [0.25, 0.3) is 5.69 Å². The van der Waals surface area contributed by atoms with Crippen LogP contribution in [-0.4, -0.2) is 17.8 Å². The highest BCUT2D eigenvalue weighted by Gasteiger charge is 2.21. The molecule has 3 aromatic rings. The molecule has 0 saturated heterocycles. The van der Waals surface area contributed by atoms with E-state index in [1.54, 1.807) is 42.9 Å². The van der Waals surface area contributed by atoms with Gasteiger partial charge in [-0.1, -0.05) is 48.0 Å². The van der Waals surface area contributed by atoms with E-state index < -0.39 is 15.6 Å². The molecule has 0 spiro atoms. The Hall–Kier alpha value is -2.80. The lowest BCUT2D eigenvalue weighted by Crippen LogP contribution is -2.23. The highest BCUT2D eigenvalue weighted by molar-refractivity contribution is 7.91. The maximum atomic E-state index is 12.8. The smallest absolute Gasteiger partial charge is 0.283 e. The molecule has 0 radical (unpaired) electrons. The lowest BCUT2D eigenvalue weighted by Gasteiger charge is -2.07. The Bertz CT molecular complexity index is 1080. The van der Waals surface area contributed by atoms with Crippen LogP contribution in [0.2, 0.25) is 0 Å². The van der Waals surface area contributed by atoms with E-state index in [1.807, 2.05) is 37.3 Å². The van der Waals surface area contributed by atoms with E-state index in [9.17, 15) is 13.2 Å². The Kier molecular flexibility index (Phi) is 4.73. The van der Waals surface area contributed by atoms with Crippen LogP contribution in [0.4, 0.5) is 5.69 Å². The third-order valence-corrected chi connectivity index (χ3v) is 5.52. The number of benzene rings is 2. The number of nitrogens with one attached hydrogen (secondary N) is 1. The number of hydrogen-bond acceptors (Lipinski definition) is 3. The van der Waals surface area contributed by atoms with Gasteiger partial charge in [-0.25, -0.2) is 13.1 Å². The summed E-state index contributed by atoms with van der Waals surface area (Å²) < 4.78 is 30.6. The van der Waals surface area contributed by atoms with E-state index >= 15 is 0 Å². The molecule has 0 unspecified atom stereocenters. The molecule has 0 atom stereocenters. The average molecular weight is 371 g/mol. The van der Waals surface area contributed by atoms with Crippen molar-refractivity contribution in [2.24, 2.45) is 7.05 Å². The third-order valence-electron chi connectivity index (χ3n) is 4.29. The second-order valence-electron chi connectivity index (χ2n) is 6.28. The van der Waals surface area contributed by atoms with Crippen molar-refractivity contribution in [3.8, 4) is 5.69 Å². The topological polar surface area (TPSA) is 73.1 Å². The summed E-state index contributed by atoms with van der Waals surface area (Å²) in [6.07, 6.45) is 0. The van der Waals surface area contributed by atoms with Crippen molar-refractivity contribution in [3.63, 3.8) is 0 Å². The van der Waals surface area contributed by atoms with E-state index in [4.69, 9.17) is 0 Å². The van der Waals surface area contributed by atoms with Gasteiger partial charge >= 0.3 is 0 Å². The Morgan fingerprint density at radius 2 is 1.58 bits per heavy atom. The summed E-state index contributed by atoms with van der Waals surface area (Å²) in [6, 6.07) is 16.4. The normalized spacial score (nSPS) is 11.5. The standard InChI is InChI=1S/C19H21N3O3S/c1-14-9-11-16(12-10-14)13-26(24,25)20-18-15(2)21(3)22(19(18)23)17-7-5-4-6-8-17/h4-12,20H,13H2,1-3H3. The first-order valence-electron chi connectivity index (χ1n) is 8.18. The zero-order chi connectivity index (χ0) is 18.9. The van der Waals surface area contributed by atoms with Gasteiger partial charge in [-0.2, -0.15) is 0 Å². The second kappa shape index (κ2) is 6.84. The number of para-hydroxylation sites is 1. The van der Waals surface area contributed by atoms with Crippen molar-refractivity contribution < 1.29 is 8.42 Å². The van der Waals surface area contributed by atoms with Crippen molar-refractivity contribution in [3.05, 3.63) is 81.8 Å². The Morgan fingerprint density at radius 1 is 0.962 bits per heavy atom. The molecule has 0 fully saturated rings. The van der Waals surface area contributed by atoms with Crippen LogP contribution in [-0.2, 0) is 22.8 Å². The van der Waals surface area contributed by atoms with Crippen molar-refractivity contribution >= 4 is 15.7 Å². The molecule has 1 aromatic heterocycles. The molecule has 136 valence electrons. The van der Waals surface area contributed by atoms with Gasteiger partial charge in [0.15, 0.2) is 0 Å². The monoisotopic (exact) mass is 371 g/mol.